The topological polar surface area (TPSA) is 35.5 Å². The third-order valence-corrected chi connectivity index (χ3v) is 1.90. The molecule has 1 aromatic rings. The second-order valence-electron chi connectivity index (χ2n) is 2.85. The predicted molar refractivity (Wildman–Crippen MR) is 47.0 cm³/mol. The Morgan fingerprint density at radius 3 is 3.15 bits per heavy atom. The van der Waals surface area contributed by atoms with Crippen LogP contribution in [-0.4, -0.2) is 12.6 Å². The summed E-state index contributed by atoms with van der Waals surface area (Å²) in [6.07, 6.45) is 0.357. The van der Waals surface area contributed by atoms with E-state index in [9.17, 15) is 4.79 Å². The molecular formula is C10H10O3. The van der Waals surface area contributed by atoms with E-state index in [0.29, 0.717) is 18.8 Å². The second-order valence-corrected chi connectivity index (χ2v) is 2.85. The highest BCUT2D eigenvalue weighted by atomic mass is 16.5. The molecule has 1 aliphatic heterocycles. The van der Waals surface area contributed by atoms with Crippen LogP contribution in [0.4, 0.5) is 0 Å². The molecule has 0 bridgehead atoms. The van der Waals surface area contributed by atoms with Gasteiger partial charge in [0, 0.05) is 5.56 Å². The van der Waals surface area contributed by atoms with Crippen molar-refractivity contribution in [2.75, 3.05) is 6.61 Å². The van der Waals surface area contributed by atoms with Crippen LogP contribution >= 0.6 is 0 Å². The van der Waals surface area contributed by atoms with Gasteiger partial charge in [0.25, 0.3) is 0 Å². The molecule has 0 saturated carbocycles. The molecule has 0 aliphatic carbocycles. The first-order chi connectivity index (χ1) is 6.29. The van der Waals surface area contributed by atoms with Crippen LogP contribution in [0.5, 0.6) is 11.5 Å². The van der Waals surface area contributed by atoms with E-state index in [0.717, 1.165) is 11.3 Å². The Morgan fingerprint density at radius 1 is 1.54 bits per heavy atom. The summed E-state index contributed by atoms with van der Waals surface area (Å²) >= 11 is 0. The summed E-state index contributed by atoms with van der Waals surface area (Å²) in [6, 6.07) is 5.43. The maximum Gasteiger partial charge on any atom is 0.315 e. The zero-order valence-electron chi connectivity index (χ0n) is 7.37. The monoisotopic (exact) mass is 178 g/mol. The lowest BCUT2D eigenvalue weighted by Gasteiger charge is -2.03. The maximum absolute atomic E-state index is 10.9. The number of hydrogen-bond donors (Lipinski definition) is 0. The van der Waals surface area contributed by atoms with Gasteiger partial charge in [-0.25, -0.2) is 0 Å². The molecule has 0 aromatic heterocycles. The maximum atomic E-state index is 10.9. The Bertz CT molecular complexity index is 344. The first-order valence-electron chi connectivity index (χ1n) is 4.26. The van der Waals surface area contributed by atoms with Crippen LogP contribution < -0.4 is 9.47 Å². The van der Waals surface area contributed by atoms with Gasteiger partial charge in [-0.2, -0.15) is 0 Å². The van der Waals surface area contributed by atoms with Crippen molar-refractivity contribution >= 4 is 5.97 Å². The van der Waals surface area contributed by atoms with E-state index in [1.54, 1.807) is 12.1 Å². The van der Waals surface area contributed by atoms with Crippen molar-refractivity contribution in [2.45, 2.75) is 13.3 Å². The number of carbonyl (C=O) groups is 1. The molecule has 3 heteroatoms. The van der Waals surface area contributed by atoms with E-state index >= 15 is 0 Å². The zero-order valence-corrected chi connectivity index (χ0v) is 7.37. The average Bonchev–Trinajstić information content (AvgIpc) is 2.44. The smallest absolute Gasteiger partial charge is 0.315 e. The lowest BCUT2D eigenvalue weighted by molar-refractivity contribution is -0.131. The molecule has 0 unspecified atom stereocenters. The molecule has 0 fully saturated rings. The molecule has 0 atom stereocenters. The molecule has 0 radical (unpaired) electrons. The van der Waals surface area contributed by atoms with Gasteiger partial charge in [-0.1, -0.05) is 0 Å². The van der Waals surface area contributed by atoms with Crippen LogP contribution in [0.1, 0.15) is 12.5 Å². The Kier molecular flexibility index (Phi) is 1.93. The highest BCUT2D eigenvalue weighted by molar-refractivity contribution is 5.81. The van der Waals surface area contributed by atoms with Crippen LogP contribution in [0.15, 0.2) is 18.2 Å². The summed E-state index contributed by atoms with van der Waals surface area (Å²) in [6.45, 7) is 2.56. The van der Waals surface area contributed by atoms with Crippen molar-refractivity contribution in [1.82, 2.24) is 0 Å². The van der Waals surface area contributed by atoms with Crippen LogP contribution in [-0.2, 0) is 11.2 Å². The molecular weight excluding hydrogens is 168 g/mol. The quantitative estimate of drug-likeness (QED) is 0.509. The van der Waals surface area contributed by atoms with E-state index < -0.39 is 0 Å². The Hall–Kier alpha value is -1.51. The van der Waals surface area contributed by atoms with E-state index in [1.165, 1.54) is 0 Å². The van der Waals surface area contributed by atoms with Crippen molar-refractivity contribution in [3.05, 3.63) is 23.8 Å². The SMILES string of the molecule is CCOc1ccc2c(c1)CC(=O)O2. The lowest BCUT2D eigenvalue weighted by atomic mass is 10.1. The first kappa shape index (κ1) is 8.10. The Labute approximate surface area is 76.3 Å². The second kappa shape index (κ2) is 3.09. The lowest BCUT2D eigenvalue weighted by Crippen LogP contribution is -2.00. The molecule has 1 aliphatic rings. The van der Waals surface area contributed by atoms with Crippen molar-refractivity contribution in [2.24, 2.45) is 0 Å². The summed E-state index contributed by atoms with van der Waals surface area (Å²) in [5.74, 6) is 1.26. The summed E-state index contributed by atoms with van der Waals surface area (Å²) in [4.78, 5) is 10.9. The molecule has 0 saturated heterocycles. The van der Waals surface area contributed by atoms with E-state index in [1.807, 2.05) is 13.0 Å². The van der Waals surface area contributed by atoms with Crippen LogP contribution in [0.2, 0.25) is 0 Å². The van der Waals surface area contributed by atoms with Gasteiger partial charge in [0.05, 0.1) is 13.0 Å². The molecule has 13 heavy (non-hydrogen) atoms. The fourth-order valence-corrected chi connectivity index (χ4v) is 1.36. The average molecular weight is 178 g/mol. The number of esters is 1. The zero-order chi connectivity index (χ0) is 9.26. The van der Waals surface area contributed by atoms with Crippen molar-refractivity contribution in [1.29, 1.82) is 0 Å². The summed E-state index contributed by atoms with van der Waals surface area (Å²) in [5, 5.41) is 0. The highest BCUT2D eigenvalue weighted by Gasteiger charge is 2.20. The molecule has 0 spiro atoms. The number of rotatable bonds is 2. The number of hydrogen-bond acceptors (Lipinski definition) is 3. The van der Waals surface area contributed by atoms with E-state index in [-0.39, 0.29) is 5.97 Å². The van der Waals surface area contributed by atoms with E-state index in [4.69, 9.17) is 9.47 Å². The molecule has 3 nitrogen and oxygen atoms in total. The molecule has 2 rings (SSSR count). The summed E-state index contributed by atoms with van der Waals surface area (Å²) in [5.41, 5.74) is 0.913. The minimum Gasteiger partial charge on any atom is -0.494 e. The summed E-state index contributed by atoms with van der Waals surface area (Å²) < 4.78 is 10.2. The van der Waals surface area contributed by atoms with Gasteiger partial charge in [0.1, 0.15) is 11.5 Å². The number of fused-ring (bicyclic) bond motifs is 1. The number of ether oxygens (including phenoxy) is 2. The summed E-state index contributed by atoms with van der Waals surface area (Å²) in [7, 11) is 0. The predicted octanol–water partition coefficient (Wildman–Crippen LogP) is 1.55. The van der Waals surface area contributed by atoms with Crippen LogP contribution in [0.25, 0.3) is 0 Å². The van der Waals surface area contributed by atoms with Gasteiger partial charge in [0.2, 0.25) is 0 Å². The molecule has 0 N–H and O–H groups in total. The molecule has 1 heterocycles. The highest BCUT2D eigenvalue weighted by Crippen LogP contribution is 2.29. The normalized spacial score (nSPS) is 13.8. The van der Waals surface area contributed by atoms with Gasteiger partial charge in [-0.05, 0) is 25.1 Å². The fraction of sp³-hybridized carbons (Fsp3) is 0.300. The molecule has 1 aromatic carbocycles. The van der Waals surface area contributed by atoms with Crippen LogP contribution in [0, 0.1) is 0 Å². The third-order valence-electron chi connectivity index (χ3n) is 1.90. The van der Waals surface area contributed by atoms with Gasteiger partial charge in [-0.3, -0.25) is 4.79 Å². The number of carbonyl (C=O) groups excluding carboxylic acids is 1. The molecule has 0 amide bonds. The van der Waals surface area contributed by atoms with Crippen molar-refractivity contribution < 1.29 is 14.3 Å². The standard InChI is InChI=1S/C10H10O3/c1-2-12-8-3-4-9-7(5-8)6-10(11)13-9/h3-5H,2,6H2,1H3. The minimum absolute atomic E-state index is 0.191. The van der Waals surface area contributed by atoms with Crippen molar-refractivity contribution in [3.63, 3.8) is 0 Å². The van der Waals surface area contributed by atoms with Gasteiger partial charge in [0.15, 0.2) is 0 Å². The first-order valence-corrected chi connectivity index (χ1v) is 4.26. The van der Waals surface area contributed by atoms with Crippen LogP contribution in [0.3, 0.4) is 0 Å². The van der Waals surface area contributed by atoms with Gasteiger partial charge >= 0.3 is 5.97 Å². The Morgan fingerprint density at radius 2 is 2.38 bits per heavy atom. The molecule has 68 valence electrons. The van der Waals surface area contributed by atoms with Crippen molar-refractivity contribution in [3.8, 4) is 11.5 Å². The third kappa shape index (κ3) is 1.49. The van der Waals surface area contributed by atoms with Gasteiger partial charge in [-0.15, -0.1) is 0 Å². The van der Waals surface area contributed by atoms with Gasteiger partial charge < -0.3 is 9.47 Å². The Balaban J connectivity index is 2.29. The number of benzene rings is 1. The minimum atomic E-state index is -0.191. The largest absolute Gasteiger partial charge is 0.494 e. The fourth-order valence-electron chi connectivity index (χ4n) is 1.36. The van der Waals surface area contributed by atoms with E-state index in [2.05, 4.69) is 0 Å².